The molecule has 0 radical (unpaired) electrons. The highest BCUT2D eigenvalue weighted by atomic mass is 16.2. The number of hydrogen-bond acceptors (Lipinski definition) is 4. The second-order valence-electron chi connectivity index (χ2n) is 5.46. The van der Waals surface area contributed by atoms with Crippen LogP contribution < -0.4 is 10.6 Å². The average molecular weight is 322 g/mol. The second-order valence-corrected chi connectivity index (χ2v) is 5.46. The fourth-order valence-electron chi connectivity index (χ4n) is 2.58. The summed E-state index contributed by atoms with van der Waals surface area (Å²) in [6.07, 6.45) is 0. The first-order chi connectivity index (χ1) is 11.5. The predicted molar refractivity (Wildman–Crippen MR) is 87.9 cm³/mol. The molecule has 2 N–H and O–H groups in total. The molecule has 0 bridgehead atoms. The number of rotatable bonds is 4. The van der Waals surface area contributed by atoms with Gasteiger partial charge in [0.05, 0.1) is 0 Å². The molecule has 2 aromatic rings. The first-order valence-electron chi connectivity index (χ1n) is 7.33. The highest BCUT2D eigenvalue weighted by Gasteiger charge is 2.39. The molecule has 2 amide bonds. The van der Waals surface area contributed by atoms with Gasteiger partial charge in [0, 0.05) is 16.9 Å². The van der Waals surface area contributed by atoms with E-state index in [0.717, 1.165) is 0 Å². The lowest BCUT2D eigenvalue weighted by Crippen LogP contribution is -2.31. The van der Waals surface area contributed by atoms with Crippen LogP contribution in [0.25, 0.3) is 0 Å². The van der Waals surface area contributed by atoms with Crippen LogP contribution >= 0.6 is 0 Å². The summed E-state index contributed by atoms with van der Waals surface area (Å²) in [6, 6.07) is 12.9. The molecule has 0 fully saturated rings. The molecule has 0 saturated heterocycles. The highest BCUT2D eigenvalue weighted by molar-refractivity contribution is 6.47. The van der Waals surface area contributed by atoms with Gasteiger partial charge in [-0.3, -0.25) is 19.2 Å². The van der Waals surface area contributed by atoms with Gasteiger partial charge in [-0.1, -0.05) is 18.2 Å². The zero-order chi connectivity index (χ0) is 17.3. The number of carbonyl (C=O) groups is 4. The van der Waals surface area contributed by atoms with E-state index in [1.54, 1.807) is 36.4 Å². The van der Waals surface area contributed by atoms with Gasteiger partial charge in [-0.25, -0.2) is 0 Å². The van der Waals surface area contributed by atoms with Crippen LogP contribution in [0.15, 0.2) is 48.5 Å². The van der Waals surface area contributed by atoms with Crippen molar-refractivity contribution < 1.29 is 19.2 Å². The Morgan fingerprint density at radius 2 is 1.67 bits per heavy atom. The Labute approximate surface area is 137 Å². The molecular weight excluding hydrogens is 308 g/mol. The van der Waals surface area contributed by atoms with Gasteiger partial charge < -0.3 is 10.6 Å². The number of carbonyl (C=O) groups excluding carboxylic acids is 4. The maximum Gasteiger partial charge on any atom is 0.292 e. The molecule has 6 nitrogen and oxygen atoms in total. The quantitative estimate of drug-likeness (QED) is 0.512. The van der Waals surface area contributed by atoms with E-state index >= 15 is 0 Å². The van der Waals surface area contributed by atoms with Crippen LogP contribution in [0.1, 0.15) is 28.8 Å². The van der Waals surface area contributed by atoms with E-state index < -0.39 is 23.5 Å². The number of nitrogens with one attached hydrogen (secondary N) is 2. The van der Waals surface area contributed by atoms with E-state index in [1.165, 1.54) is 19.1 Å². The lowest BCUT2D eigenvalue weighted by Gasteiger charge is -2.09. The zero-order valence-electron chi connectivity index (χ0n) is 12.8. The topological polar surface area (TPSA) is 92.3 Å². The van der Waals surface area contributed by atoms with Crippen LogP contribution in [-0.2, 0) is 14.4 Å². The molecule has 0 spiro atoms. The van der Waals surface area contributed by atoms with Crippen LogP contribution in [0, 0.1) is 0 Å². The van der Waals surface area contributed by atoms with Crippen LogP contribution in [0.4, 0.5) is 11.4 Å². The van der Waals surface area contributed by atoms with Crippen molar-refractivity contribution in [3.63, 3.8) is 0 Å². The maximum atomic E-state index is 12.4. The lowest BCUT2D eigenvalue weighted by atomic mass is 9.95. The van der Waals surface area contributed by atoms with E-state index in [2.05, 4.69) is 10.6 Å². The standard InChI is InChI=1S/C18H14N2O4/c1-10(21)11-6-8-12(9-7-11)19-18(24)16(22)15-13-4-2-3-5-14(13)20-17(15)23/h2-9,15H,1H3,(H,19,24)(H,20,23)/t15-/m1/s1. The number of benzene rings is 2. The molecule has 1 aliphatic heterocycles. The van der Waals surface area contributed by atoms with Crippen molar-refractivity contribution in [2.24, 2.45) is 0 Å². The first kappa shape index (κ1) is 15.6. The SMILES string of the molecule is CC(=O)c1ccc(NC(=O)C(=O)[C@@H]2C(=O)Nc3ccccc32)cc1. The van der Waals surface area contributed by atoms with Crippen molar-refractivity contribution in [3.8, 4) is 0 Å². The van der Waals surface area contributed by atoms with Crippen molar-refractivity contribution in [2.75, 3.05) is 10.6 Å². The van der Waals surface area contributed by atoms with Crippen molar-refractivity contribution in [2.45, 2.75) is 12.8 Å². The molecule has 1 heterocycles. The normalized spacial score (nSPS) is 15.4. The van der Waals surface area contributed by atoms with E-state index in [0.29, 0.717) is 22.5 Å². The third kappa shape index (κ3) is 2.81. The molecule has 0 aliphatic carbocycles. The smallest absolute Gasteiger partial charge is 0.292 e. The van der Waals surface area contributed by atoms with Gasteiger partial charge in [0.1, 0.15) is 5.92 Å². The van der Waals surface area contributed by atoms with Gasteiger partial charge in [0.15, 0.2) is 5.78 Å². The van der Waals surface area contributed by atoms with E-state index in [1.807, 2.05) is 0 Å². The molecule has 24 heavy (non-hydrogen) atoms. The number of fused-ring (bicyclic) bond motifs is 1. The Morgan fingerprint density at radius 3 is 2.33 bits per heavy atom. The third-order valence-electron chi connectivity index (χ3n) is 3.83. The average Bonchev–Trinajstić information content (AvgIpc) is 2.90. The van der Waals surface area contributed by atoms with E-state index in [9.17, 15) is 19.2 Å². The van der Waals surface area contributed by atoms with E-state index in [4.69, 9.17) is 0 Å². The highest BCUT2D eigenvalue weighted by Crippen LogP contribution is 2.32. The van der Waals surface area contributed by atoms with Crippen LogP contribution in [0.2, 0.25) is 0 Å². The molecule has 6 heteroatoms. The minimum Gasteiger partial charge on any atom is -0.325 e. The monoisotopic (exact) mass is 322 g/mol. The largest absolute Gasteiger partial charge is 0.325 e. The third-order valence-corrected chi connectivity index (χ3v) is 3.83. The van der Waals surface area contributed by atoms with Crippen LogP contribution in [0.3, 0.4) is 0 Å². The van der Waals surface area contributed by atoms with E-state index in [-0.39, 0.29) is 5.78 Å². The van der Waals surface area contributed by atoms with Crippen molar-refractivity contribution >= 4 is 34.8 Å². The predicted octanol–water partition coefficient (Wildman–Crippen LogP) is 2.13. The number of amides is 2. The fourth-order valence-corrected chi connectivity index (χ4v) is 2.58. The van der Waals surface area contributed by atoms with Crippen LogP contribution in [0.5, 0.6) is 0 Å². The van der Waals surface area contributed by atoms with Gasteiger partial charge in [-0.05, 0) is 42.8 Å². The molecule has 3 rings (SSSR count). The summed E-state index contributed by atoms with van der Waals surface area (Å²) >= 11 is 0. The number of hydrogen-bond donors (Lipinski definition) is 2. The van der Waals surface area contributed by atoms with Crippen molar-refractivity contribution in [1.82, 2.24) is 0 Å². The minimum absolute atomic E-state index is 0.0943. The number of Topliss-reactive ketones (excluding diaryl/α,β-unsaturated/α-hetero) is 2. The molecule has 2 aromatic carbocycles. The molecular formula is C18H14N2O4. The second kappa shape index (κ2) is 6.08. The number of para-hydroxylation sites is 1. The van der Waals surface area contributed by atoms with Gasteiger partial charge in [0.25, 0.3) is 5.91 Å². The van der Waals surface area contributed by atoms with Crippen molar-refractivity contribution in [1.29, 1.82) is 0 Å². The van der Waals surface area contributed by atoms with Crippen molar-refractivity contribution in [3.05, 3.63) is 59.7 Å². The van der Waals surface area contributed by atoms with Crippen LogP contribution in [-0.4, -0.2) is 23.4 Å². The molecule has 0 aromatic heterocycles. The summed E-state index contributed by atoms with van der Waals surface area (Å²) in [4.78, 5) is 47.8. The van der Waals surface area contributed by atoms with Gasteiger partial charge in [0.2, 0.25) is 11.7 Å². The number of ketones is 2. The van der Waals surface area contributed by atoms with Gasteiger partial charge in [-0.2, -0.15) is 0 Å². The fraction of sp³-hybridized carbons (Fsp3) is 0.111. The van der Waals surface area contributed by atoms with Gasteiger partial charge in [-0.15, -0.1) is 0 Å². The zero-order valence-corrected chi connectivity index (χ0v) is 12.8. The molecule has 1 aliphatic rings. The first-order valence-corrected chi connectivity index (χ1v) is 7.33. The van der Waals surface area contributed by atoms with Gasteiger partial charge >= 0.3 is 0 Å². The Hall–Kier alpha value is -3.28. The summed E-state index contributed by atoms with van der Waals surface area (Å²) in [5.74, 6) is -3.44. The molecule has 0 saturated carbocycles. The number of anilines is 2. The Balaban J connectivity index is 1.77. The maximum absolute atomic E-state index is 12.4. The Bertz CT molecular complexity index is 856. The summed E-state index contributed by atoms with van der Waals surface area (Å²) in [5, 5.41) is 5.05. The molecule has 1 atom stereocenters. The Kier molecular flexibility index (Phi) is 3.95. The lowest BCUT2D eigenvalue weighted by molar-refractivity contribution is -0.138. The molecule has 0 unspecified atom stereocenters. The summed E-state index contributed by atoms with van der Waals surface area (Å²) in [5.41, 5.74) is 1.92. The Morgan fingerprint density at radius 1 is 1.00 bits per heavy atom. The summed E-state index contributed by atoms with van der Waals surface area (Å²) in [6.45, 7) is 1.44. The summed E-state index contributed by atoms with van der Waals surface area (Å²) < 4.78 is 0. The molecule has 120 valence electrons. The minimum atomic E-state index is -1.14. The summed E-state index contributed by atoms with van der Waals surface area (Å²) in [7, 11) is 0.